The molecule has 0 saturated heterocycles. The molecule has 0 bridgehead atoms. The van der Waals surface area contributed by atoms with E-state index in [1.807, 2.05) is 36.4 Å². The van der Waals surface area contributed by atoms with Crippen LogP contribution in [0.2, 0.25) is 0 Å². The summed E-state index contributed by atoms with van der Waals surface area (Å²) in [6.07, 6.45) is 1.59. The van der Waals surface area contributed by atoms with Crippen molar-refractivity contribution in [3.8, 4) is 5.75 Å². The normalized spacial score (nSPS) is 20.5. The van der Waals surface area contributed by atoms with E-state index in [1.165, 1.54) is 4.31 Å². The van der Waals surface area contributed by atoms with Crippen molar-refractivity contribution in [1.82, 2.24) is 4.31 Å². The second-order valence-corrected chi connectivity index (χ2v) is 7.72. The number of fused-ring (bicyclic) bond motifs is 3. The fourth-order valence-electron chi connectivity index (χ4n) is 3.26. The Morgan fingerprint density at radius 1 is 1.19 bits per heavy atom. The van der Waals surface area contributed by atoms with Crippen molar-refractivity contribution in [1.29, 1.82) is 0 Å². The van der Waals surface area contributed by atoms with Crippen molar-refractivity contribution in [3.05, 3.63) is 76.9 Å². The average molecular weight is 371 g/mol. The summed E-state index contributed by atoms with van der Waals surface area (Å²) < 4.78 is 36.7. The van der Waals surface area contributed by atoms with Crippen LogP contribution in [0, 0.1) is 6.92 Å². The third-order valence-electron chi connectivity index (χ3n) is 4.53. The van der Waals surface area contributed by atoms with Crippen LogP contribution in [-0.4, -0.2) is 25.2 Å². The van der Waals surface area contributed by atoms with Gasteiger partial charge in [0.1, 0.15) is 6.61 Å². The van der Waals surface area contributed by atoms with Crippen molar-refractivity contribution in [2.75, 3.05) is 6.54 Å². The monoisotopic (exact) mass is 371 g/mol. The lowest BCUT2D eigenvalue weighted by Gasteiger charge is -2.32. The van der Waals surface area contributed by atoms with Gasteiger partial charge in [0.15, 0.2) is 5.75 Å². The second-order valence-electron chi connectivity index (χ2n) is 6.23. The lowest BCUT2D eigenvalue weighted by atomic mass is 9.98. The Bertz CT molecular complexity index is 998. The number of ether oxygens (including phenoxy) is 1. The van der Waals surface area contributed by atoms with Gasteiger partial charge in [0, 0.05) is 12.1 Å². The van der Waals surface area contributed by atoms with Crippen LogP contribution in [0.25, 0.3) is 0 Å². The molecule has 2 aliphatic rings. The number of hydrogen-bond donors (Lipinski definition) is 0. The molecule has 2 aliphatic heterocycles. The van der Waals surface area contributed by atoms with Gasteiger partial charge in [-0.1, -0.05) is 54.6 Å². The number of benzene rings is 2. The molecule has 0 radical (unpaired) electrons. The minimum Gasteiger partial charge on any atom is -0.457 e. The van der Waals surface area contributed by atoms with E-state index in [0.29, 0.717) is 16.7 Å². The molecule has 0 fully saturated rings. The quantitative estimate of drug-likeness (QED) is 0.776. The molecule has 7 heteroatoms. The summed E-state index contributed by atoms with van der Waals surface area (Å²) >= 11 is 0. The number of carbonyl (C=O) groups excluding carboxylic acids is 1. The molecule has 2 aromatic carbocycles. The first-order valence-electron chi connectivity index (χ1n) is 8.19. The first-order valence-corrected chi connectivity index (χ1v) is 9.56. The first-order chi connectivity index (χ1) is 12.5. The van der Waals surface area contributed by atoms with Gasteiger partial charge < -0.3 is 8.92 Å². The van der Waals surface area contributed by atoms with Gasteiger partial charge in [0.05, 0.1) is 11.6 Å². The third kappa shape index (κ3) is 2.79. The zero-order valence-electron chi connectivity index (χ0n) is 14.1. The van der Waals surface area contributed by atoms with Crippen molar-refractivity contribution in [2.45, 2.75) is 19.6 Å². The van der Waals surface area contributed by atoms with E-state index in [9.17, 15) is 13.2 Å². The van der Waals surface area contributed by atoms with Crippen LogP contribution in [0.15, 0.2) is 60.2 Å². The van der Waals surface area contributed by atoms with Crippen LogP contribution in [-0.2, 0) is 26.4 Å². The predicted molar refractivity (Wildman–Crippen MR) is 94.5 cm³/mol. The molecular weight excluding hydrogens is 354 g/mol. The molecule has 134 valence electrons. The highest BCUT2D eigenvalue weighted by Gasteiger charge is 2.46. The highest BCUT2D eigenvalue weighted by atomic mass is 32.2. The molecular formula is C19H17NO5S. The fraction of sp³-hybridized carbons (Fsp3) is 0.211. The zero-order chi connectivity index (χ0) is 18.3. The minimum atomic E-state index is -3.96. The van der Waals surface area contributed by atoms with Gasteiger partial charge in [-0.15, -0.1) is 0 Å². The van der Waals surface area contributed by atoms with Crippen LogP contribution in [0.3, 0.4) is 0 Å². The largest absolute Gasteiger partial charge is 0.457 e. The summed E-state index contributed by atoms with van der Waals surface area (Å²) in [6, 6.07) is 14.0. The Hall–Kier alpha value is -2.64. The van der Waals surface area contributed by atoms with E-state index in [1.54, 1.807) is 25.1 Å². The molecule has 26 heavy (non-hydrogen) atoms. The second kappa shape index (κ2) is 6.26. The summed E-state index contributed by atoms with van der Waals surface area (Å²) in [7, 11) is -3.96. The molecule has 2 aromatic rings. The summed E-state index contributed by atoms with van der Waals surface area (Å²) in [4.78, 5) is 12.6. The van der Waals surface area contributed by atoms with Crippen LogP contribution < -0.4 is 4.18 Å². The summed E-state index contributed by atoms with van der Waals surface area (Å²) in [5, 5.41) is 0. The van der Waals surface area contributed by atoms with Crippen LogP contribution in [0.5, 0.6) is 5.75 Å². The van der Waals surface area contributed by atoms with Crippen molar-refractivity contribution >= 4 is 16.3 Å². The lowest BCUT2D eigenvalue weighted by Crippen LogP contribution is -2.40. The van der Waals surface area contributed by atoms with Crippen molar-refractivity contribution in [2.24, 2.45) is 0 Å². The molecule has 0 aromatic heterocycles. The molecule has 0 spiro atoms. The predicted octanol–water partition coefficient (Wildman–Crippen LogP) is 2.66. The Morgan fingerprint density at radius 2 is 1.96 bits per heavy atom. The van der Waals surface area contributed by atoms with E-state index in [2.05, 4.69) is 0 Å². The molecule has 0 amide bonds. The SMILES string of the molecule is Cc1cccc2c1OS(=O)(=O)N1CC=C(C(=O)OCc3ccccc3)[C@@H]21. The number of para-hydroxylation sites is 1. The molecule has 0 unspecified atom stereocenters. The van der Waals surface area contributed by atoms with Crippen LogP contribution in [0.1, 0.15) is 22.7 Å². The van der Waals surface area contributed by atoms with E-state index in [0.717, 1.165) is 5.56 Å². The van der Waals surface area contributed by atoms with Crippen molar-refractivity contribution < 1.29 is 22.1 Å². The van der Waals surface area contributed by atoms with E-state index < -0.39 is 22.3 Å². The standard InChI is InChI=1S/C19H17NO5S/c1-13-6-5-9-15-17-16(10-11-20(17)26(22,23)25-18(13)15)19(21)24-12-14-7-3-2-4-8-14/h2-10,17H,11-12H2,1H3/t17-/m1/s1. The average Bonchev–Trinajstić information content (AvgIpc) is 3.08. The first kappa shape index (κ1) is 16.8. The maximum Gasteiger partial charge on any atom is 0.386 e. The number of rotatable bonds is 3. The van der Waals surface area contributed by atoms with Crippen molar-refractivity contribution in [3.63, 3.8) is 0 Å². The van der Waals surface area contributed by atoms with Gasteiger partial charge in [0.2, 0.25) is 0 Å². The Kier molecular flexibility index (Phi) is 4.05. The summed E-state index contributed by atoms with van der Waals surface area (Å²) in [5.41, 5.74) is 2.54. The number of hydrogen-bond acceptors (Lipinski definition) is 5. The number of esters is 1. The van der Waals surface area contributed by atoms with E-state index in [4.69, 9.17) is 8.92 Å². The number of aryl methyl sites for hydroxylation is 1. The van der Waals surface area contributed by atoms with Gasteiger partial charge >= 0.3 is 16.3 Å². The van der Waals surface area contributed by atoms with Gasteiger partial charge in [-0.2, -0.15) is 12.7 Å². The van der Waals surface area contributed by atoms with Crippen LogP contribution in [0.4, 0.5) is 0 Å². The zero-order valence-corrected chi connectivity index (χ0v) is 14.9. The van der Waals surface area contributed by atoms with E-state index >= 15 is 0 Å². The van der Waals surface area contributed by atoms with Gasteiger partial charge in [0.25, 0.3) is 0 Å². The Labute approximate surface area is 151 Å². The van der Waals surface area contributed by atoms with Crippen LogP contribution >= 0.6 is 0 Å². The molecule has 0 saturated carbocycles. The lowest BCUT2D eigenvalue weighted by molar-refractivity contribution is -0.140. The van der Waals surface area contributed by atoms with Gasteiger partial charge in [-0.3, -0.25) is 0 Å². The fourth-order valence-corrected chi connectivity index (χ4v) is 4.54. The molecule has 6 nitrogen and oxygen atoms in total. The maximum atomic E-state index is 12.6. The molecule has 1 atom stereocenters. The maximum absolute atomic E-state index is 12.6. The van der Waals surface area contributed by atoms with E-state index in [-0.39, 0.29) is 18.9 Å². The van der Waals surface area contributed by atoms with Gasteiger partial charge in [-0.05, 0) is 18.1 Å². The number of nitrogens with zero attached hydrogens (tertiary/aromatic N) is 1. The molecule has 2 heterocycles. The smallest absolute Gasteiger partial charge is 0.386 e. The topological polar surface area (TPSA) is 72.9 Å². The highest BCUT2D eigenvalue weighted by Crippen LogP contribution is 2.45. The third-order valence-corrected chi connectivity index (χ3v) is 5.85. The molecule has 0 aliphatic carbocycles. The molecule has 0 N–H and O–H groups in total. The number of carbonyl (C=O) groups is 1. The molecule has 4 rings (SSSR count). The Morgan fingerprint density at radius 3 is 2.73 bits per heavy atom. The minimum absolute atomic E-state index is 0.0795. The highest BCUT2D eigenvalue weighted by molar-refractivity contribution is 7.84. The van der Waals surface area contributed by atoms with Gasteiger partial charge in [-0.25, -0.2) is 4.79 Å². The Balaban J connectivity index is 1.64. The summed E-state index contributed by atoms with van der Waals surface area (Å²) in [5.74, 6) is -0.233. The summed E-state index contributed by atoms with van der Waals surface area (Å²) in [6.45, 7) is 1.99.